The quantitative estimate of drug-likeness (QED) is 0.0262. The monoisotopic (exact) mass is 937 g/mol. The Kier molecular flexibility index (Phi) is 53.3. The topological polar surface area (TPSA) is 78.9 Å². The van der Waals surface area contributed by atoms with Crippen LogP contribution < -0.4 is 0 Å². The zero-order chi connectivity index (χ0) is 48.6. The number of unbranched alkanes of at least 4 members (excludes halogenated alkanes) is 31. The molecule has 0 aliphatic carbocycles. The summed E-state index contributed by atoms with van der Waals surface area (Å²) in [6, 6.07) is 0. The van der Waals surface area contributed by atoms with Gasteiger partial charge in [-0.1, -0.05) is 248 Å². The zero-order valence-electron chi connectivity index (χ0n) is 44.4. The van der Waals surface area contributed by atoms with Crippen molar-refractivity contribution in [2.24, 2.45) is 0 Å². The van der Waals surface area contributed by atoms with Crippen LogP contribution in [0.2, 0.25) is 0 Å². The number of carbonyl (C=O) groups is 3. The van der Waals surface area contributed by atoms with Gasteiger partial charge in [-0.3, -0.25) is 14.4 Å². The van der Waals surface area contributed by atoms with E-state index in [1.165, 1.54) is 167 Å². The second kappa shape index (κ2) is 55.7. The lowest BCUT2D eigenvalue weighted by atomic mass is 10.0. The Balaban J connectivity index is 4.41. The molecule has 0 bridgehead atoms. The summed E-state index contributed by atoms with van der Waals surface area (Å²) in [5.74, 6) is -0.921. The van der Waals surface area contributed by atoms with E-state index in [1.807, 2.05) is 0 Å². The van der Waals surface area contributed by atoms with E-state index in [-0.39, 0.29) is 31.1 Å². The fourth-order valence-electron chi connectivity index (χ4n) is 8.19. The van der Waals surface area contributed by atoms with E-state index in [4.69, 9.17) is 14.2 Å². The molecule has 388 valence electrons. The van der Waals surface area contributed by atoms with Crippen LogP contribution in [0.25, 0.3) is 0 Å². The van der Waals surface area contributed by atoms with Gasteiger partial charge in [0.1, 0.15) is 13.2 Å². The molecule has 0 aromatic carbocycles. The lowest BCUT2D eigenvalue weighted by molar-refractivity contribution is -0.167. The molecule has 0 spiro atoms. The van der Waals surface area contributed by atoms with Crippen LogP contribution in [0.3, 0.4) is 0 Å². The zero-order valence-corrected chi connectivity index (χ0v) is 44.4. The summed E-state index contributed by atoms with van der Waals surface area (Å²) in [7, 11) is 0. The predicted molar refractivity (Wildman–Crippen MR) is 288 cm³/mol. The van der Waals surface area contributed by atoms with Gasteiger partial charge in [0.25, 0.3) is 0 Å². The highest BCUT2D eigenvalue weighted by Crippen LogP contribution is 2.16. The second-order valence-electron chi connectivity index (χ2n) is 19.2. The summed E-state index contributed by atoms with van der Waals surface area (Å²) in [5, 5.41) is 0. The average molecular weight is 938 g/mol. The van der Waals surface area contributed by atoms with Crippen molar-refractivity contribution in [1.29, 1.82) is 0 Å². The highest BCUT2D eigenvalue weighted by atomic mass is 16.6. The van der Waals surface area contributed by atoms with Crippen molar-refractivity contribution in [1.82, 2.24) is 0 Å². The van der Waals surface area contributed by atoms with Crippen molar-refractivity contribution < 1.29 is 28.6 Å². The molecule has 0 aliphatic heterocycles. The Labute approximate surface area is 415 Å². The van der Waals surface area contributed by atoms with Crippen LogP contribution in [0.15, 0.2) is 60.8 Å². The summed E-state index contributed by atoms with van der Waals surface area (Å²) in [6.45, 7) is 6.51. The summed E-state index contributed by atoms with van der Waals surface area (Å²) in [5.41, 5.74) is 0. The molecule has 0 aromatic heterocycles. The van der Waals surface area contributed by atoms with Gasteiger partial charge in [0.05, 0.1) is 0 Å². The molecule has 0 aromatic rings. The summed E-state index contributed by atoms with van der Waals surface area (Å²) < 4.78 is 16.8. The molecule has 0 rings (SSSR count). The first-order chi connectivity index (χ1) is 33.0. The SMILES string of the molecule is CC/C=C\C/C=C\C/C=C\C/C=C\CCCCC(=O)OCC(COC(=O)CCCCCCCCC/C=C\CCCCCCCC)OC(=O)CCCCCCCCCCCCCCCCCCC. The van der Waals surface area contributed by atoms with E-state index in [1.54, 1.807) is 0 Å². The first-order valence-corrected chi connectivity index (χ1v) is 28.8. The molecule has 67 heavy (non-hydrogen) atoms. The fraction of sp³-hybridized carbons (Fsp3) is 0.787. The van der Waals surface area contributed by atoms with E-state index < -0.39 is 6.10 Å². The predicted octanol–water partition coefficient (Wildman–Crippen LogP) is 19.2. The molecule has 0 amide bonds. The van der Waals surface area contributed by atoms with Gasteiger partial charge in [0.15, 0.2) is 6.10 Å². The molecule has 1 atom stereocenters. The molecule has 0 N–H and O–H groups in total. The lowest BCUT2D eigenvalue weighted by Crippen LogP contribution is -2.30. The van der Waals surface area contributed by atoms with Crippen LogP contribution in [0.4, 0.5) is 0 Å². The fourth-order valence-corrected chi connectivity index (χ4v) is 8.19. The van der Waals surface area contributed by atoms with Gasteiger partial charge in [-0.2, -0.15) is 0 Å². The maximum atomic E-state index is 12.9. The van der Waals surface area contributed by atoms with Gasteiger partial charge < -0.3 is 14.2 Å². The van der Waals surface area contributed by atoms with Crippen LogP contribution in [-0.2, 0) is 28.6 Å². The standard InChI is InChI=1S/C61H108O6/c1-4-7-10-13-16-19-22-25-28-30-33-36-39-42-45-48-51-54-60(63)66-57-58(56-65-59(62)53-50-47-44-41-38-35-32-27-24-21-18-15-12-9-6-3)67-61(64)55-52-49-46-43-40-37-34-31-29-26-23-20-17-14-11-8-5-2/h9,12,18,21,25,27-28,32,38,41,58H,4-8,10-11,13-17,19-20,22-24,26,29-31,33-37,39-40,42-57H2,1-3H3/b12-9-,21-18-,28-25-,32-27-,41-38-. The third-order valence-electron chi connectivity index (χ3n) is 12.5. The highest BCUT2D eigenvalue weighted by Gasteiger charge is 2.19. The second-order valence-corrected chi connectivity index (χ2v) is 19.2. The van der Waals surface area contributed by atoms with E-state index in [0.717, 1.165) is 83.5 Å². The van der Waals surface area contributed by atoms with E-state index in [0.29, 0.717) is 19.3 Å². The minimum Gasteiger partial charge on any atom is -0.462 e. The molecule has 0 heterocycles. The minimum atomic E-state index is -0.791. The highest BCUT2D eigenvalue weighted by molar-refractivity contribution is 5.71. The number of allylic oxidation sites excluding steroid dienone is 10. The Morgan fingerprint density at radius 3 is 0.955 bits per heavy atom. The average Bonchev–Trinajstić information content (AvgIpc) is 3.33. The minimum absolute atomic E-state index is 0.0872. The Hall–Kier alpha value is -2.89. The number of carbonyl (C=O) groups excluding carboxylic acids is 3. The molecule has 6 nitrogen and oxygen atoms in total. The number of esters is 3. The number of rotatable bonds is 52. The molecule has 0 radical (unpaired) electrons. The van der Waals surface area contributed by atoms with Gasteiger partial charge in [-0.25, -0.2) is 0 Å². The van der Waals surface area contributed by atoms with Gasteiger partial charge in [0, 0.05) is 19.3 Å². The van der Waals surface area contributed by atoms with Crippen molar-refractivity contribution in [3.63, 3.8) is 0 Å². The largest absolute Gasteiger partial charge is 0.462 e. The number of ether oxygens (including phenoxy) is 3. The van der Waals surface area contributed by atoms with Gasteiger partial charge in [-0.05, 0) is 83.5 Å². The first kappa shape index (κ1) is 64.1. The lowest BCUT2D eigenvalue weighted by Gasteiger charge is -2.18. The van der Waals surface area contributed by atoms with Crippen molar-refractivity contribution in [2.75, 3.05) is 13.2 Å². The van der Waals surface area contributed by atoms with Crippen LogP contribution in [0.1, 0.15) is 290 Å². The maximum Gasteiger partial charge on any atom is 0.306 e. The summed E-state index contributed by atoms with van der Waals surface area (Å²) in [6.07, 6.45) is 69.3. The van der Waals surface area contributed by atoms with Crippen LogP contribution >= 0.6 is 0 Å². The van der Waals surface area contributed by atoms with E-state index in [9.17, 15) is 14.4 Å². The third kappa shape index (κ3) is 53.9. The first-order valence-electron chi connectivity index (χ1n) is 28.8. The van der Waals surface area contributed by atoms with Crippen molar-refractivity contribution in [2.45, 2.75) is 297 Å². The number of hydrogen-bond donors (Lipinski definition) is 0. The van der Waals surface area contributed by atoms with Crippen LogP contribution in [-0.4, -0.2) is 37.2 Å². The molecule has 1 unspecified atom stereocenters. The van der Waals surface area contributed by atoms with Gasteiger partial charge >= 0.3 is 17.9 Å². The molecular weight excluding hydrogens is 829 g/mol. The van der Waals surface area contributed by atoms with E-state index >= 15 is 0 Å². The number of hydrogen-bond acceptors (Lipinski definition) is 6. The Morgan fingerprint density at radius 2 is 0.582 bits per heavy atom. The summed E-state index contributed by atoms with van der Waals surface area (Å²) in [4.78, 5) is 38.1. The van der Waals surface area contributed by atoms with Crippen molar-refractivity contribution in [3.8, 4) is 0 Å². The third-order valence-corrected chi connectivity index (χ3v) is 12.5. The molecule has 0 aliphatic rings. The Morgan fingerprint density at radius 1 is 0.313 bits per heavy atom. The van der Waals surface area contributed by atoms with Gasteiger partial charge in [0.2, 0.25) is 0 Å². The molecular formula is C61H108O6. The van der Waals surface area contributed by atoms with Crippen molar-refractivity contribution >= 4 is 17.9 Å². The molecule has 6 heteroatoms. The van der Waals surface area contributed by atoms with Crippen LogP contribution in [0.5, 0.6) is 0 Å². The smallest absolute Gasteiger partial charge is 0.306 e. The summed E-state index contributed by atoms with van der Waals surface area (Å²) >= 11 is 0. The van der Waals surface area contributed by atoms with E-state index in [2.05, 4.69) is 81.5 Å². The maximum absolute atomic E-state index is 12.9. The molecule has 0 saturated carbocycles. The molecule has 0 fully saturated rings. The Bertz CT molecular complexity index is 1210. The normalized spacial score (nSPS) is 12.5. The van der Waals surface area contributed by atoms with Crippen LogP contribution in [0, 0.1) is 0 Å². The van der Waals surface area contributed by atoms with Crippen molar-refractivity contribution in [3.05, 3.63) is 60.8 Å². The molecule has 0 saturated heterocycles. The van der Waals surface area contributed by atoms with Gasteiger partial charge in [-0.15, -0.1) is 0 Å².